The van der Waals surface area contributed by atoms with Crippen LogP contribution >= 0.6 is 0 Å². The van der Waals surface area contributed by atoms with Crippen LogP contribution in [0.15, 0.2) is 24.3 Å². The first-order valence-electron chi connectivity index (χ1n) is 6.42. The molecule has 0 amide bonds. The van der Waals surface area contributed by atoms with Gasteiger partial charge < -0.3 is 14.8 Å². The molecule has 0 bridgehead atoms. The summed E-state index contributed by atoms with van der Waals surface area (Å²) in [6.45, 7) is 5.65. The van der Waals surface area contributed by atoms with Crippen molar-refractivity contribution in [3.8, 4) is 5.75 Å². The van der Waals surface area contributed by atoms with Crippen LogP contribution in [0.25, 0.3) is 0 Å². The van der Waals surface area contributed by atoms with E-state index in [0.29, 0.717) is 6.10 Å². The van der Waals surface area contributed by atoms with E-state index >= 15 is 0 Å². The maximum Gasteiger partial charge on any atom is 0.120 e. The lowest BCUT2D eigenvalue weighted by Crippen LogP contribution is -2.25. The van der Waals surface area contributed by atoms with E-state index in [2.05, 4.69) is 30.4 Å². The SMILES string of the molecule is CCNCc1cccc(OC2CCOCC2)c1. The Morgan fingerprint density at radius 1 is 1.35 bits per heavy atom. The Morgan fingerprint density at radius 2 is 2.18 bits per heavy atom. The van der Waals surface area contributed by atoms with E-state index in [0.717, 1.165) is 44.9 Å². The van der Waals surface area contributed by atoms with E-state index in [4.69, 9.17) is 9.47 Å². The van der Waals surface area contributed by atoms with Crippen LogP contribution in [0.4, 0.5) is 0 Å². The molecule has 1 saturated heterocycles. The van der Waals surface area contributed by atoms with Crippen LogP contribution in [0, 0.1) is 0 Å². The van der Waals surface area contributed by atoms with Gasteiger partial charge in [0.15, 0.2) is 0 Å². The summed E-state index contributed by atoms with van der Waals surface area (Å²) in [5.74, 6) is 0.979. The normalized spacial score (nSPS) is 17.0. The summed E-state index contributed by atoms with van der Waals surface area (Å²) in [6.07, 6.45) is 2.31. The second-order valence-corrected chi connectivity index (χ2v) is 4.36. The highest BCUT2D eigenvalue weighted by molar-refractivity contribution is 5.28. The van der Waals surface area contributed by atoms with Gasteiger partial charge in [-0.1, -0.05) is 19.1 Å². The first kappa shape index (κ1) is 12.4. The Labute approximate surface area is 103 Å². The predicted molar refractivity (Wildman–Crippen MR) is 68.3 cm³/mol. The average Bonchev–Trinajstić information content (AvgIpc) is 2.38. The van der Waals surface area contributed by atoms with Crippen LogP contribution in [0.2, 0.25) is 0 Å². The summed E-state index contributed by atoms with van der Waals surface area (Å²) in [7, 11) is 0. The molecule has 1 aromatic rings. The molecule has 1 N–H and O–H groups in total. The standard InChI is InChI=1S/C14H21NO2/c1-2-15-11-12-4-3-5-14(10-12)17-13-6-8-16-9-7-13/h3-5,10,13,15H,2,6-9,11H2,1H3. The smallest absolute Gasteiger partial charge is 0.120 e. The molecule has 0 saturated carbocycles. The van der Waals surface area contributed by atoms with Gasteiger partial charge >= 0.3 is 0 Å². The molecule has 0 spiro atoms. The van der Waals surface area contributed by atoms with Gasteiger partial charge in [0.1, 0.15) is 11.9 Å². The minimum atomic E-state index is 0.318. The summed E-state index contributed by atoms with van der Waals surface area (Å²) in [5, 5.41) is 3.32. The highest BCUT2D eigenvalue weighted by Crippen LogP contribution is 2.19. The quantitative estimate of drug-likeness (QED) is 0.850. The molecule has 17 heavy (non-hydrogen) atoms. The fourth-order valence-corrected chi connectivity index (χ4v) is 1.98. The summed E-state index contributed by atoms with van der Waals surface area (Å²) in [6, 6.07) is 8.34. The number of rotatable bonds is 5. The van der Waals surface area contributed by atoms with Crippen LogP contribution in [0.3, 0.4) is 0 Å². The number of hydrogen-bond acceptors (Lipinski definition) is 3. The van der Waals surface area contributed by atoms with Crippen molar-refractivity contribution >= 4 is 0 Å². The molecule has 1 aromatic carbocycles. The fourth-order valence-electron chi connectivity index (χ4n) is 1.98. The van der Waals surface area contributed by atoms with E-state index in [9.17, 15) is 0 Å². The lowest BCUT2D eigenvalue weighted by Gasteiger charge is -2.23. The molecule has 0 aliphatic carbocycles. The van der Waals surface area contributed by atoms with Gasteiger partial charge in [-0.2, -0.15) is 0 Å². The van der Waals surface area contributed by atoms with E-state index in [-0.39, 0.29) is 0 Å². The predicted octanol–water partition coefficient (Wildman–Crippen LogP) is 2.35. The molecular formula is C14H21NO2. The Bertz CT molecular complexity index is 335. The maximum absolute atomic E-state index is 5.97. The van der Waals surface area contributed by atoms with Gasteiger partial charge in [0, 0.05) is 19.4 Å². The summed E-state index contributed by atoms with van der Waals surface area (Å²) in [5.41, 5.74) is 1.27. The highest BCUT2D eigenvalue weighted by Gasteiger charge is 2.15. The average molecular weight is 235 g/mol. The van der Waals surface area contributed by atoms with Crippen molar-refractivity contribution in [2.24, 2.45) is 0 Å². The number of benzene rings is 1. The number of nitrogens with one attached hydrogen (secondary N) is 1. The summed E-state index contributed by atoms with van der Waals surface area (Å²) < 4.78 is 11.3. The monoisotopic (exact) mass is 235 g/mol. The molecule has 0 aromatic heterocycles. The Morgan fingerprint density at radius 3 is 2.94 bits per heavy atom. The van der Waals surface area contributed by atoms with Gasteiger partial charge in [0.25, 0.3) is 0 Å². The van der Waals surface area contributed by atoms with E-state index in [1.165, 1.54) is 5.56 Å². The zero-order valence-corrected chi connectivity index (χ0v) is 10.4. The van der Waals surface area contributed by atoms with Crippen LogP contribution < -0.4 is 10.1 Å². The van der Waals surface area contributed by atoms with Crippen LogP contribution in [-0.4, -0.2) is 25.9 Å². The fraction of sp³-hybridized carbons (Fsp3) is 0.571. The maximum atomic E-state index is 5.97. The molecular weight excluding hydrogens is 214 g/mol. The van der Waals surface area contributed by atoms with Crippen molar-refractivity contribution in [1.82, 2.24) is 5.32 Å². The van der Waals surface area contributed by atoms with Gasteiger partial charge in [-0.05, 0) is 24.2 Å². The van der Waals surface area contributed by atoms with Crippen molar-refractivity contribution in [1.29, 1.82) is 0 Å². The molecule has 0 unspecified atom stereocenters. The number of ether oxygens (including phenoxy) is 2. The lowest BCUT2D eigenvalue weighted by atomic mass is 10.1. The Hall–Kier alpha value is -1.06. The van der Waals surface area contributed by atoms with Gasteiger partial charge in [-0.15, -0.1) is 0 Å². The third-order valence-corrected chi connectivity index (χ3v) is 2.95. The molecule has 3 nitrogen and oxygen atoms in total. The van der Waals surface area contributed by atoms with Crippen molar-refractivity contribution in [3.63, 3.8) is 0 Å². The molecule has 2 rings (SSSR count). The summed E-state index contributed by atoms with van der Waals surface area (Å²) >= 11 is 0. The third-order valence-electron chi connectivity index (χ3n) is 2.95. The van der Waals surface area contributed by atoms with E-state index < -0.39 is 0 Å². The third kappa shape index (κ3) is 4.02. The molecule has 1 heterocycles. The Kier molecular flexibility index (Phi) is 4.83. The molecule has 0 radical (unpaired) electrons. The van der Waals surface area contributed by atoms with E-state index in [1.807, 2.05) is 6.07 Å². The molecule has 1 aliphatic heterocycles. The van der Waals surface area contributed by atoms with E-state index in [1.54, 1.807) is 0 Å². The zero-order chi connectivity index (χ0) is 11.9. The minimum absolute atomic E-state index is 0.318. The van der Waals surface area contributed by atoms with Crippen molar-refractivity contribution in [2.75, 3.05) is 19.8 Å². The largest absolute Gasteiger partial charge is 0.490 e. The topological polar surface area (TPSA) is 30.5 Å². The lowest BCUT2D eigenvalue weighted by molar-refractivity contribution is 0.0255. The van der Waals surface area contributed by atoms with Crippen molar-refractivity contribution in [2.45, 2.75) is 32.4 Å². The first-order chi connectivity index (χ1) is 8.38. The molecule has 1 aliphatic rings. The van der Waals surface area contributed by atoms with Crippen LogP contribution in [0.5, 0.6) is 5.75 Å². The highest BCUT2D eigenvalue weighted by atomic mass is 16.5. The van der Waals surface area contributed by atoms with Gasteiger partial charge in [0.05, 0.1) is 13.2 Å². The van der Waals surface area contributed by atoms with Crippen LogP contribution in [0.1, 0.15) is 25.3 Å². The second kappa shape index (κ2) is 6.62. The zero-order valence-electron chi connectivity index (χ0n) is 10.4. The minimum Gasteiger partial charge on any atom is -0.490 e. The Balaban J connectivity index is 1.90. The van der Waals surface area contributed by atoms with Crippen molar-refractivity contribution in [3.05, 3.63) is 29.8 Å². The molecule has 0 atom stereocenters. The summed E-state index contributed by atoms with van der Waals surface area (Å²) in [4.78, 5) is 0. The van der Waals surface area contributed by atoms with Gasteiger partial charge in [-0.25, -0.2) is 0 Å². The molecule has 94 valence electrons. The van der Waals surface area contributed by atoms with Crippen molar-refractivity contribution < 1.29 is 9.47 Å². The van der Waals surface area contributed by atoms with Gasteiger partial charge in [0.2, 0.25) is 0 Å². The molecule has 1 fully saturated rings. The number of hydrogen-bond donors (Lipinski definition) is 1. The first-order valence-corrected chi connectivity index (χ1v) is 6.42. The van der Waals surface area contributed by atoms with Crippen LogP contribution in [-0.2, 0) is 11.3 Å². The van der Waals surface area contributed by atoms with Gasteiger partial charge in [-0.3, -0.25) is 0 Å². The molecule has 3 heteroatoms. The second-order valence-electron chi connectivity index (χ2n) is 4.36.